The largest absolute Gasteiger partial charge is 0.398 e. The van der Waals surface area contributed by atoms with Gasteiger partial charge in [-0.2, -0.15) is 5.26 Å². The Hall–Kier alpha value is -1.73. The standard InChI is InChI=1S/C11H15N3O/c1-11(2,15)7-14-9-4-3-8(6-12)10(13)5-9/h3-5,14-15H,7,13H2,1-2H3. The lowest BCUT2D eigenvalue weighted by molar-refractivity contribution is 0.0945. The molecule has 0 saturated heterocycles. The van der Waals surface area contributed by atoms with E-state index in [0.29, 0.717) is 17.8 Å². The first-order chi connectivity index (χ1) is 6.92. The minimum absolute atomic E-state index is 0.429. The highest BCUT2D eigenvalue weighted by Crippen LogP contribution is 2.17. The van der Waals surface area contributed by atoms with E-state index in [-0.39, 0.29) is 0 Å². The van der Waals surface area contributed by atoms with Gasteiger partial charge in [0.05, 0.1) is 16.9 Å². The molecule has 0 fully saturated rings. The summed E-state index contributed by atoms with van der Waals surface area (Å²) >= 11 is 0. The normalized spacial score (nSPS) is 10.8. The maximum Gasteiger partial charge on any atom is 0.101 e. The van der Waals surface area contributed by atoms with E-state index in [9.17, 15) is 5.11 Å². The third-order valence-electron chi connectivity index (χ3n) is 1.90. The van der Waals surface area contributed by atoms with Crippen LogP contribution in [-0.2, 0) is 0 Å². The van der Waals surface area contributed by atoms with E-state index in [1.54, 1.807) is 32.0 Å². The summed E-state index contributed by atoms with van der Waals surface area (Å²) in [5.41, 5.74) is 6.58. The molecule has 1 aromatic carbocycles. The summed E-state index contributed by atoms with van der Waals surface area (Å²) < 4.78 is 0. The first kappa shape index (κ1) is 11.3. The second-order valence-electron chi connectivity index (χ2n) is 4.08. The molecule has 4 heteroatoms. The first-order valence-corrected chi connectivity index (χ1v) is 4.68. The Morgan fingerprint density at radius 2 is 2.20 bits per heavy atom. The number of anilines is 2. The molecular formula is C11H15N3O. The molecule has 1 aromatic rings. The van der Waals surface area contributed by atoms with Gasteiger partial charge in [-0.1, -0.05) is 0 Å². The van der Waals surface area contributed by atoms with Crippen molar-refractivity contribution >= 4 is 11.4 Å². The van der Waals surface area contributed by atoms with Crippen LogP contribution >= 0.6 is 0 Å². The molecule has 0 heterocycles. The topological polar surface area (TPSA) is 82.1 Å². The van der Waals surface area contributed by atoms with Crippen molar-refractivity contribution < 1.29 is 5.11 Å². The van der Waals surface area contributed by atoms with E-state index < -0.39 is 5.60 Å². The fourth-order valence-electron chi connectivity index (χ4n) is 1.09. The SMILES string of the molecule is CC(C)(O)CNc1ccc(C#N)c(N)c1. The van der Waals surface area contributed by atoms with Crippen LogP contribution in [-0.4, -0.2) is 17.3 Å². The Morgan fingerprint density at radius 3 is 2.67 bits per heavy atom. The summed E-state index contributed by atoms with van der Waals surface area (Å²) in [4.78, 5) is 0. The summed E-state index contributed by atoms with van der Waals surface area (Å²) in [5.74, 6) is 0. The lowest BCUT2D eigenvalue weighted by Crippen LogP contribution is -2.29. The van der Waals surface area contributed by atoms with Crippen LogP contribution in [0.25, 0.3) is 0 Å². The molecule has 0 radical (unpaired) electrons. The van der Waals surface area contributed by atoms with Gasteiger partial charge >= 0.3 is 0 Å². The van der Waals surface area contributed by atoms with E-state index in [1.807, 2.05) is 6.07 Å². The van der Waals surface area contributed by atoms with Crippen LogP contribution in [0.3, 0.4) is 0 Å². The van der Waals surface area contributed by atoms with Gasteiger partial charge in [0.15, 0.2) is 0 Å². The molecule has 1 rings (SSSR count). The number of nitrogens with one attached hydrogen (secondary N) is 1. The third kappa shape index (κ3) is 3.49. The molecule has 0 aliphatic rings. The lowest BCUT2D eigenvalue weighted by Gasteiger charge is -2.18. The van der Waals surface area contributed by atoms with E-state index in [1.165, 1.54) is 0 Å². The Labute approximate surface area is 89.3 Å². The highest BCUT2D eigenvalue weighted by atomic mass is 16.3. The third-order valence-corrected chi connectivity index (χ3v) is 1.90. The Balaban J connectivity index is 2.73. The average molecular weight is 205 g/mol. The first-order valence-electron chi connectivity index (χ1n) is 4.68. The molecule has 0 aliphatic carbocycles. The summed E-state index contributed by atoms with van der Waals surface area (Å²) in [6.07, 6.45) is 0. The number of hydrogen-bond acceptors (Lipinski definition) is 4. The van der Waals surface area contributed by atoms with Gasteiger partial charge in [-0.25, -0.2) is 0 Å². The molecule has 0 spiro atoms. The molecule has 0 aromatic heterocycles. The zero-order valence-electron chi connectivity index (χ0n) is 8.91. The lowest BCUT2D eigenvalue weighted by atomic mass is 10.1. The maximum atomic E-state index is 9.50. The predicted molar refractivity (Wildman–Crippen MR) is 60.4 cm³/mol. The van der Waals surface area contributed by atoms with Crippen molar-refractivity contribution in [1.29, 1.82) is 5.26 Å². The summed E-state index contributed by atoms with van der Waals surface area (Å²) in [6.45, 7) is 3.86. The zero-order chi connectivity index (χ0) is 11.5. The Kier molecular flexibility index (Phi) is 3.17. The molecule has 80 valence electrons. The molecule has 0 bridgehead atoms. The maximum absolute atomic E-state index is 9.50. The summed E-state index contributed by atoms with van der Waals surface area (Å²) in [7, 11) is 0. The fraction of sp³-hybridized carbons (Fsp3) is 0.364. The molecule has 0 saturated carbocycles. The van der Waals surface area contributed by atoms with Crippen molar-refractivity contribution in [1.82, 2.24) is 0 Å². The van der Waals surface area contributed by atoms with Gasteiger partial charge in [0, 0.05) is 12.2 Å². The van der Waals surface area contributed by atoms with Crippen LogP contribution in [0, 0.1) is 11.3 Å². The number of rotatable bonds is 3. The van der Waals surface area contributed by atoms with Gasteiger partial charge in [-0.15, -0.1) is 0 Å². The zero-order valence-corrected chi connectivity index (χ0v) is 8.91. The highest BCUT2D eigenvalue weighted by molar-refractivity contribution is 5.62. The van der Waals surface area contributed by atoms with E-state index >= 15 is 0 Å². The second kappa shape index (κ2) is 4.20. The molecule has 4 nitrogen and oxygen atoms in total. The molecule has 4 N–H and O–H groups in total. The predicted octanol–water partition coefficient (Wildman–Crippen LogP) is 1.32. The molecule has 0 aliphatic heterocycles. The Morgan fingerprint density at radius 1 is 1.53 bits per heavy atom. The number of nitrogen functional groups attached to an aromatic ring is 1. The van der Waals surface area contributed by atoms with Gasteiger partial charge in [-0.05, 0) is 32.0 Å². The van der Waals surface area contributed by atoms with Crippen molar-refractivity contribution in [3.8, 4) is 6.07 Å². The van der Waals surface area contributed by atoms with Crippen molar-refractivity contribution in [2.24, 2.45) is 0 Å². The Bertz CT molecular complexity index is 388. The van der Waals surface area contributed by atoms with Crippen LogP contribution in [0.1, 0.15) is 19.4 Å². The van der Waals surface area contributed by atoms with Crippen LogP contribution in [0.4, 0.5) is 11.4 Å². The number of hydrogen-bond donors (Lipinski definition) is 3. The van der Waals surface area contributed by atoms with Crippen LogP contribution in [0.5, 0.6) is 0 Å². The van der Waals surface area contributed by atoms with Crippen molar-refractivity contribution in [3.63, 3.8) is 0 Å². The van der Waals surface area contributed by atoms with Gasteiger partial charge < -0.3 is 16.2 Å². The minimum Gasteiger partial charge on any atom is -0.398 e. The van der Waals surface area contributed by atoms with E-state index in [4.69, 9.17) is 11.0 Å². The number of nitrogens with zero attached hydrogens (tertiary/aromatic N) is 1. The highest BCUT2D eigenvalue weighted by Gasteiger charge is 2.11. The molecule has 0 unspecified atom stereocenters. The smallest absolute Gasteiger partial charge is 0.101 e. The fourth-order valence-corrected chi connectivity index (χ4v) is 1.09. The minimum atomic E-state index is -0.775. The van der Waals surface area contributed by atoms with E-state index in [0.717, 1.165) is 5.69 Å². The van der Waals surface area contributed by atoms with Crippen molar-refractivity contribution in [2.45, 2.75) is 19.4 Å². The van der Waals surface area contributed by atoms with Crippen LogP contribution < -0.4 is 11.1 Å². The molecule has 0 amide bonds. The summed E-state index contributed by atoms with van der Waals surface area (Å²) in [6, 6.07) is 7.10. The molecular weight excluding hydrogens is 190 g/mol. The van der Waals surface area contributed by atoms with Crippen molar-refractivity contribution in [2.75, 3.05) is 17.6 Å². The number of aliphatic hydroxyl groups is 1. The van der Waals surface area contributed by atoms with E-state index in [2.05, 4.69) is 5.32 Å². The quantitative estimate of drug-likeness (QED) is 0.650. The number of nitrogens with two attached hydrogens (primary N) is 1. The van der Waals surface area contributed by atoms with Gasteiger partial charge in [0.1, 0.15) is 6.07 Å². The monoisotopic (exact) mass is 205 g/mol. The van der Waals surface area contributed by atoms with Gasteiger partial charge in [0.2, 0.25) is 0 Å². The molecule has 0 atom stereocenters. The average Bonchev–Trinajstić information content (AvgIpc) is 2.14. The van der Waals surface area contributed by atoms with Gasteiger partial charge in [-0.3, -0.25) is 0 Å². The van der Waals surface area contributed by atoms with Gasteiger partial charge in [0.25, 0.3) is 0 Å². The summed E-state index contributed by atoms with van der Waals surface area (Å²) in [5, 5.41) is 21.2. The van der Waals surface area contributed by atoms with Crippen LogP contribution in [0.2, 0.25) is 0 Å². The molecule has 15 heavy (non-hydrogen) atoms. The van der Waals surface area contributed by atoms with Crippen LogP contribution in [0.15, 0.2) is 18.2 Å². The number of benzene rings is 1. The number of nitriles is 1. The van der Waals surface area contributed by atoms with Crippen molar-refractivity contribution in [3.05, 3.63) is 23.8 Å². The second-order valence-corrected chi connectivity index (χ2v) is 4.08.